The van der Waals surface area contributed by atoms with E-state index in [0.717, 1.165) is 0 Å². The van der Waals surface area contributed by atoms with Crippen LogP contribution >= 0.6 is 0 Å². The molecular weight excluding hydrogens is 564 g/mol. The average Bonchev–Trinajstić information content (AvgIpc) is 3.54. The van der Waals surface area contributed by atoms with Crippen LogP contribution in [0.25, 0.3) is 0 Å². The molecule has 2 aliphatic heterocycles. The van der Waals surface area contributed by atoms with E-state index < -0.39 is 87.0 Å². The van der Waals surface area contributed by atoms with Gasteiger partial charge in [0, 0.05) is 18.0 Å². The first kappa shape index (κ1) is 30.3. The molecule has 4 saturated carbocycles. The molecule has 1 aromatic heterocycles. The number of nitrogens with two attached hydrogens (primary N) is 2. The van der Waals surface area contributed by atoms with Crippen LogP contribution < -0.4 is 11.5 Å². The molecule has 43 heavy (non-hydrogen) atoms. The molecule has 7 rings (SSSR count). The molecule has 0 amide bonds. The number of carbonyl (C=O) groups excluding carboxylic acids is 2. The van der Waals surface area contributed by atoms with E-state index in [9.17, 15) is 35.1 Å². The van der Waals surface area contributed by atoms with Gasteiger partial charge in [-0.15, -0.1) is 0 Å². The molecular formula is C29H42N4O10. The van der Waals surface area contributed by atoms with Crippen molar-refractivity contribution in [2.45, 2.75) is 106 Å². The highest BCUT2D eigenvalue weighted by Gasteiger charge is 3.10. The van der Waals surface area contributed by atoms with Crippen molar-refractivity contribution in [1.29, 1.82) is 0 Å². The number of esters is 2. The van der Waals surface area contributed by atoms with Gasteiger partial charge in [-0.25, -0.2) is 4.79 Å². The lowest BCUT2D eigenvalue weighted by Crippen LogP contribution is -2.75. The van der Waals surface area contributed by atoms with Gasteiger partial charge in [0.05, 0.1) is 18.4 Å². The summed E-state index contributed by atoms with van der Waals surface area (Å²) in [4.78, 5) is 33.1. The molecule has 14 nitrogen and oxygen atoms in total. The Bertz CT molecular complexity index is 1400. The van der Waals surface area contributed by atoms with Crippen molar-refractivity contribution >= 4 is 17.9 Å². The maximum atomic E-state index is 13.4. The minimum atomic E-state index is -2.71. The van der Waals surface area contributed by atoms with Crippen LogP contribution in [0.4, 0.5) is 0 Å². The first-order valence-corrected chi connectivity index (χ1v) is 14.7. The summed E-state index contributed by atoms with van der Waals surface area (Å²) in [5.41, 5.74) is -5.28. The standard InChI is InChI=1S/C29H42N4O10/c1-14(2)26(38)20(42-19(35)16-7-6-11-32-16)27(39)22(4)13-25(37)23(26,5)29(27,40)28(43-25)18(15(3)8-10-24(22,28)36)41-17(34)9-12-33-21(30)31/h6-7,11,14-15,18,20,32,36-40H,8-10,12-13H2,1-5H3,(H4,30,31,33)/t15?,18-,20?,22+,23?,24?,25?,26?,27?,28?,29?/m1/s1. The molecule has 9 unspecified atom stereocenters. The maximum Gasteiger partial charge on any atom is 0.355 e. The van der Waals surface area contributed by atoms with E-state index in [4.69, 9.17) is 25.7 Å². The summed E-state index contributed by atoms with van der Waals surface area (Å²) < 4.78 is 18.4. The zero-order valence-electron chi connectivity index (χ0n) is 25.0. The minimum absolute atomic E-state index is 0.0130. The Morgan fingerprint density at radius 1 is 1.16 bits per heavy atom. The van der Waals surface area contributed by atoms with Gasteiger partial charge in [-0.05, 0) is 43.7 Å². The number of nitrogens with one attached hydrogen (secondary N) is 1. The van der Waals surface area contributed by atoms with E-state index >= 15 is 0 Å². The summed E-state index contributed by atoms with van der Waals surface area (Å²) in [6.45, 7) is 7.74. The van der Waals surface area contributed by atoms with Crippen LogP contribution in [-0.4, -0.2) is 101 Å². The molecule has 0 radical (unpaired) electrons. The molecule has 4 aliphatic carbocycles. The topological polar surface area (TPSA) is 243 Å². The predicted molar refractivity (Wildman–Crippen MR) is 148 cm³/mol. The molecule has 11 atom stereocenters. The highest BCUT2D eigenvalue weighted by molar-refractivity contribution is 5.87. The number of aliphatic imine (C=N–C) groups is 1. The number of ether oxygens (including phenoxy) is 3. The van der Waals surface area contributed by atoms with Gasteiger partial charge in [0.1, 0.15) is 34.2 Å². The molecule has 0 aromatic carbocycles. The van der Waals surface area contributed by atoms with E-state index in [1.54, 1.807) is 26.8 Å². The number of carbonyl (C=O) groups is 2. The monoisotopic (exact) mass is 606 g/mol. The second-order valence-corrected chi connectivity index (χ2v) is 13.9. The highest BCUT2D eigenvalue weighted by Crippen LogP contribution is 2.90. The smallest absolute Gasteiger partial charge is 0.355 e. The molecule has 2 saturated heterocycles. The van der Waals surface area contributed by atoms with Crippen LogP contribution in [0, 0.1) is 22.7 Å². The first-order valence-electron chi connectivity index (χ1n) is 14.7. The minimum Gasteiger partial charge on any atom is -0.459 e. The number of hydrogen-bond donors (Lipinski definition) is 8. The molecule has 1 aromatic rings. The van der Waals surface area contributed by atoms with Crippen molar-refractivity contribution in [3.63, 3.8) is 0 Å². The Morgan fingerprint density at radius 3 is 2.42 bits per heavy atom. The van der Waals surface area contributed by atoms with E-state index in [1.807, 2.05) is 0 Å². The fraction of sp³-hybridized carbons (Fsp3) is 0.759. The molecule has 6 aliphatic rings. The van der Waals surface area contributed by atoms with Gasteiger partial charge in [-0.3, -0.25) is 9.79 Å². The van der Waals surface area contributed by atoms with E-state index in [2.05, 4.69) is 9.98 Å². The van der Waals surface area contributed by atoms with E-state index in [0.29, 0.717) is 6.42 Å². The SMILES string of the molecule is CC1CCC2(O)C3(OC4(O)C[C@]2(C)C2(O)C(OC(=O)c5ccc[nH]5)C(O)(C(C)C)C4(C)C32O)[C@@H]1OC(=O)CCN=C(N)N. The Balaban J connectivity index is 1.58. The van der Waals surface area contributed by atoms with Crippen molar-refractivity contribution in [2.75, 3.05) is 6.54 Å². The zero-order chi connectivity index (χ0) is 31.8. The number of H-pyrrole nitrogens is 1. The van der Waals surface area contributed by atoms with Gasteiger partial charge in [0.25, 0.3) is 0 Å². The number of aromatic nitrogens is 1. The van der Waals surface area contributed by atoms with Crippen LogP contribution in [0.5, 0.6) is 0 Å². The zero-order valence-corrected chi connectivity index (χ0v) is 25.0. The molecule has 1 spiro atoms. The van der Waals surface area contributed by atoms with Crippen LogP contribution in [0.15, 0.2) is 23.3 Å². The number of nitrogens with zero attached hydrogens (tertiary/aromatic N) is 1. The van der Waals surface area contributed by atoms with Gasteiger partial charge in [-0.2, -0.15) is 0 Å². The normalized spacial score (nSPS) is 50.5. The molecule has 6 bridgehead atoms. The van der Waals surface area contributed by atoms with Crippen LogP contribution in [-0.2, 0) is 19.0 Å². The Hall–Kier alpha value is -2.75. The van der Waals surface area contributed by atoms with Crippen LogP contribution in [0.1, 0.15) is 70.8 Å². The van der Waals surface area contributed by atoms with Gasteiger partial charge in [0.2, 0.25) is 0 Å². The lowest BCUT2D eigenvalue weighted by molar-refractivity contribution is -0.390. The summed E-state index contributed by atoms with van der Waals surface area (Å²) in [7, 11) is 0. The molecule has 10 N–H and O–H groups in total. The first-order chi connectivity index (χ1) is 19.8. The van der Waals surface area contributed by atoms with Crippen molar-refractivity contribution in [3.8, 4) is 0 Å². The third-order valence-corrected chi connectivity index (χ3v) is 12.1. The summed E-state index contributed by atoms with van der Waals surface area (Å²) in [6.07, 6.45) is -2.13. The van der Waals surface area contributed by atoms with Gasteiger partial charge < -0.3 is 56.2 Å². The predicted octanol–water partition coefficient (Wildman–Crippen LogP) is -0.973. The molecule has 238 valence electrons. The third kappa shape index (κ3) is 2.77. The lowest BCUT2D eigenvalue weighted by Gasteiger charge is -2.61. The highest BCUT2D eigenvalue weighted by atomic mass is 16.7. The summed E-state index contributed by atoms with van der Waals surface area (Å²) in [5, 5.41) is 64.3. The van der Waals surface area contributed by atoms with Crippen molar-refractivity contribution in [2.24, 2.45) is 39.1 Å². The summed E-state index contributed by atoms with van der Waals surface area (Å²) in [5.74, 6) is -5.64. The fourth-order valence-electron chi connectivity index (χ4n) is 10.2. The lowest BCUT2D eigenvalue weighted by atomic mass is 9.52. The second kappa shape index (κ2) is 8.49. The third-order valence-electron chi connectivity index (χ3n) is 12.1. The molecule has 6 fully saturated rings. The fourth-order valence-corrected chi connectivity index (χ4v) is 10.2. The molecule has 3 heterocycles. The average molecular weight is 607 g/mol. The van der Waals surface area contributed by atoms with Crippen molar-refractivity contribution < 1.29 is 49.3 Å². The molecule has 14 heteroatoms. The Labute approximate surface area is 248 Å². The van der Waals surface area contributed by atoms with E-state index in [1.165, 1.54) is 26.1 Å². The second-order valence-electron chi connectivity index (χ2n) is 13.9. The van der Waals surface area contributed by atoms with Crippen molar-refractivity contribution in [1.82, 2.24) is 4.98 Å². The van der Waals surface area contributed by atoms with Gasteiger partial charge >= 0.3 is 11.9 Å². The van der Waals surface area contributed by atoms with E-state index in [-0.39, 0.29) is 31.0 Å². The number of hydrogen-bond acceptors (Lipinski definition) is 11. The Morgan fingerprint density at radius 2 is 1.84 bits per heavy atom. The number of aliphatic hydroxyl groups is 5. The van der Waals surface area contributed by atoms with Crippen LogP contribution in [0.2, 0.25) is 0 Å². The van der Waals surface area contributed by atoms with Gasteiger partial charge in [0.15, 0.2) is 23.5 Å². The number of aromatic amines is 1. The number of guanidine groups is 1. The summed E-state index contributed by atoms with van der Waals surface area (Å²) >= 11 is 0. The van der Waals surface area contributed by atoms with Crippen molar-refractivity contribution in [3.05, 3.63) is 24.0 Å². The Kier molecular flexibility index (Phi) is 5.98. The quantitative estimate of drug-likeness (QED) is 0.106. The summed E-state index contributed by atoms with van der Waals surface area (Å²) in [6, 6.07) is 3.02. The van der Waals surface area contributed by atoms with Crippen LogP contribution in [0.3, 0.4) is 0 Å². The number of rotatable bonds is 7. The largest absolute Gasteiger partial charge is 0.459 e. The van der Waals surface area contributed by atoms with Gasteiger partial charge in [-0.1, -0.05) is 27.7 Å². The maximum absolute atomic E-state index is 13.4.